The van der Waals surface area contributed by atoms with Crippen LogP contribution in [0.1, 0.15) is 48.8 Å². The SMILES string of the molecule is Br.Br.CCN(CC)CCN1CC[C@H]2c3ccccc3C(c3ccccc3)[C@H]2C1.O. The Morgan fingerprint density at radius 1 is 0.897 bits per heavy atom. The average Bonchev–Trinajstić information content (AvgIpc) is 3.03. The number of likely N-dealkylation sites (tertiary alicyclic amines) is 1. The van der Waals surface area contributed by atoms with Gasteiger partial charge in [0.15, 0.2) is 0 Å². The zero-order valence-corrected chi connectivity index (χ0v) is 21.0. The van der Waals surface area contributed by atoms with Crippen LogP contribution in [-0.4, -0.2) is 54.5 Å². The maximum Gasteiger partial charge on any atom is 0.0138 e. The predicted molar refractivity (Wildman–Crippen MR) is 134 cm³/mol. The topological polar surface area (TPSA) is 38.0 Å². The lowest BCUT2D eigenvalue weighted by atomic mass is 9.79. The monoisotopic (exact) mass is 526 g/mol. The molecule has 0 amide bonds. The Hall–Kier alpha value is -0.720. The molecule has 1 unspecified atom stereocenters. The van der Waals surface area contributed by atoms with E-state index < -0.39 is 0 Å². The first-order chi connectivity index (χ1) is 12.8. The molecule has 162 valence electrons. The lowest BCUT2D eigenvalue weighted by molar-refractivity contribution is 0.136. The van der Waals surface area contributed by atoms with Crippen LogP contribution in [0.4, 0.5) is 0 Å². The van der Waals surface area contributed by atoms with E-state index in [4.69, 9.17) is 0 Å². The Labute approximate surface area is 197 Å². The van der Waals surface area contributed by atoms with Gasteiger partial charge in [0.1, 0.15) is 0 Å². The summed E-state index contributed by atoms with van der Waals surface area (Å²) in [5.41, 5.74) is 4.70. The molecule has 1 fully saturated rings. The van der Waals surface area contributed by atoms with Crippen LogP contribution in [-0.2, 0) is 0 Å². The van der Waals surface area contributed by atoms with Crippen molar-refractivity contribution in [3.63, 3.8) is 0 Å². The third kappa shape index (κ3) is 5.50. The molecule has 0 bridgehead atoms. The first-order valence-corrected chi connectivity index (χ1v) is 10.4. The number of hydrogen-bond donors (Lipinski definition) is 0. The summed E-state index contributed by atoms with van der Waals surface area (Å²) in [5, 5.41) is 0. The molecule has 2 aliphatic rings. The lowest BCUT2D eigenvalue weighted by Crippen LogP contribution is -2.43. The number of hydrogen-bond acceptors (Lipinski definition) is 2. The van der Waals surface area contributed by atoms with Gasteiger partial charge in [0.05, 0.1) is 0 Å². The van der Waals surface area contributed by atoms with E-state index in [-0.39, 0.29) is 39.4 Å². The fourth-order valence-corrected chi connectivity index (χ4v) is 5.25. The van der Waals surface area contributed by atoms with Crippen molar-refractivity contribution in [1.82, 2.24) is 9.80 Å². The van der Waals surface area contributed by atoms with Gasteiger partial charge in [0.2, 0.25) is 0 Å². The van der Waals surface area contributed by atoms with Gasteiger partial charge in [0.25, 0.3) is 0 Å². The molecule has 2 aromatic carbocycles. The van der Waals surface area contributed by atoms with Gasteiger partial charge in [-0.3, -0.25) is 0 Å². The van der Waals surface area contributed by atoms with Gasteiger partial charge in [-0.15, -0.1) is 34.0 Å². The number of nitrogens with zero attached hydrogens (tertiary/aromatic N) is 2. The molecule has 0 saturated carbocycles. The molecule has 1 saturated heterocycles. The molecule has 0 aromatic heterocycles. The molecule has 3 atom stereocenters. The van der Waals surface area contributed by atoms with Crippen molar-refractivity contribution in [3.05, 3.63) is 71.3 Å². The van der Waals surface area contributed by atoms with E-state index in [9.17, 15) is 0 Å². The second-order valence-corrected chi connectivity index (χ2v) is 7.90. The minimum Gasteiger partial charge on any atom is -0.412 e. The largest absolute Gasteiger partial charge is 0.412 e. The Bertz CT molecular complexity index is 724. The Morgan fingerprint density at radius 2 is 1.52 bits per heavy atom. The third-order valence-electron chi connectivity index (χ3n) is 6.69. The summed E-state index contributed by atoms with van der Waals surface area (Å²) < 4.78 is 0. The van der Waals surface area contributed by atoms with Crippen molar-refractivity contribution in [2.45, 2.75) is 32.1 Å². The first-order valence-electron chi connectivity index (χ1n) is 10.4. The van der Waals surface area contributed by atoms with E-state index in [0.29, 0.717) is 5.92 Å². The van der Waals surface area contributed by atoms with E-state index in [2.05, 4.69) is 78.2 Å². The molecule has 29 heavy (non-hydrogen) atoms. The van der Waals surface area contributed by atoms with Crippen molar-refractivity contribution in [2.24, 2.45) is 5.92 Å². The van der Waals surface area contributed by atoms with Crippen LogP contribution in [0, 0.1) is 5.92 Å². The van der Waals surface area contributed by atoms with E-state index in [1.807, 2.05) is 0 Å². The molecule has 1 aliphatic heterocycles. The minimum atomic E-state index is 0. The van der Waals surface area contributed by atoms with Crippen LogP contribution >= 0.6 is 34.0 Å². The molecule has 1 heterocycles. The molecule has 2 N–H and O–H groups in total. The molecular weight excluding hydrogens is 492 g/mol. The maximum absolute atomic E-state index is 2.72. The second kappa shape index (κ2) is 12.2. The van der Waals surface area contributed by atoms with Crippen LogP contribution in [0.15, 0.2) is 54.6 Å². The number of likely N-dealkylation sites (N-methyl/N-ethyl adjacent to an activating group) is 1. The highest BCUT2D eigenvalue weighted by Gasteiger charge is 2.43. The van der Waals surface area contributed by atoms with Crippen LogP contribution in [0.2, 0.25) is 0 Å². The second-order valence-electron chi connectivity index (χ2n) is 7.90. The zero-order chi connectivity index (χ0) is 17.9. The smallest absolute Gasteiger partial charge is 0.0138 e. The maximum atomic E-state index is 2.72. The Balaban J connectivity index is 0.00000140. The molecule has 5 heteroatoms. The Morgan fingerprint density at radius 3 is 2.17 bits per heavy atom. The number of benzene rings is 2. The fraction of sp³-hybridized carbons (Fsp3) is 0.500. The van der Waals surface area contributed by atoms with Gasteiger partial charge in [-0.1, -0.05) is 68.4 Å². The van der Waals surface area contributed by atoms with Gasteiger partial charge in [-0.25, -0.2) is 0 Å². The normalized spacial score (nSPS) is 22.7. The summed E-state index contributed by atoms with van der Waals surface area (Å²) in [6, 6.07) is 20.4. The Kier molecular flexibility index (Phi) is 11.1. The highest BCUT2D eigenvalue weighted by Crippen LogP contribution is 2.52. The summed E-state index contributed by atoms with van der Waals surface area (Å²) in [7, 11) is 0. The van der Waals surface area contributed by atoms with Gasteiger partial charge in [-0.2, -0.15) is 0 Å². The summed E-state index contributed by atoms with van der Waals surface area (Å²) in [6.45, 7) is 11.8. The molecule has 0 radical (unpaired) electrons. The van der Waals surface area contributed by atoms with Gasteiger partial charge in [-0.05, 0) is 54.6 Å². The summed E-state index contributed by atoms with van der Waals surface area (Å²) in [5.74, 6) is 2.02. The van der Waals surface area contributed by atoms with E-state index in [0.717, 1.165) is 24.9 Å². The highest BCUT2D eigenvalue weighted by atomic mass is 79.9. The van der Waals surface area contributed by atoms with Gasteiger partial charge >= 0.3 is 0 Å². The van der Waals surface area contributed by atoms with Crippen LogP contribution in [0.25, 0.3) is 0 Å². The molecule has 3 nitrogen and oxygen atoms in total. The molecule has 1 aliphatic carbocycles. The van der Waals surface area contributed by atoms with E-state index in [1.165, 1.54) is 38.2 Å². The number of piperidine rings is 1. The van der Waals surface area contributed by atoms with Crippen molar-refractivity contribution < 1.29 is 5.48 Å². The molecule has 4 rings (SSSR count). The van der Waals surface area contributed by atoms with E-state index >= 15 is 0 Å². The van der Waals surface area contributed by atoms with Crippen LogP contribution in [0.3, 0.4) is 0 Å². The number of halogens is 2. The van der Waals surface area contributed by atoms with Crippen LogP contribution < -0.4 is 0 Å². The number of rotatable bonds is 6. The predicted octanol–water partition coefficient (Wildman–Crippen LogP) is 4.91. The van der Waals surface area contributed by atoms with E-state index in [1.54, 1.807) is 11.1 Å². The third-order valence-corrected chi connectivity index (χ3v) is 6.69. The standard InChI is InChI=1S/C24H32N2.2BrH.H2O/c1-3-25(4-2)16-17-26-15-14-21-20-12-8-9-13-22(20)24(23(21)18-26)19-10-6-5-7-11-19;;;/h5-13,21,23-24H,3-4,14-18H2,1-2H3;2*1H;1H2/t21-,23-,24?;;;/m0.../s1. The fourth-order valence-electron chi connectivity index (χ4n) is 5.25. The quantitative estimate of drug-likeness (QED) is 0.535. The van der Waals surface area contributed by atoms with Gasteiger partial charge in [0, 0.05) is 25.6 Å². The van der Waals surface area contributed by atoms with Gasteiger partial charge < -0.3 is 15.3 Å². The van der Waals surface area contributed by atoms with Crippen molar-refractivity contribution in [2.75, 3.05) is 39.3 Å². The summed E-state index contributed by atoms with van der Waals surface area (Å²) in [6.07, 6.45) is 1.31. The minimum absolute atomic E-state index is 0. The molecule has 0 spiro atoms. The van der Waals surface area contributed by atoms with Crippen molar-refractivity contribution >= 4 is 34.0 Å². The lowest BCUT2D eigenvalue weighted by Gasteiger charge is -2.38. The zero-order valence-electron chi connectivity index (χ0n) is 17.6. The molecule has 2 aromatic rings. The van der Waals surface area contributed by atoms with Crippen molar-refractivity contribution in [3.8, 4) is 0 Å². The van der Waals surface area contributed by atoms with Crippen LogP contribution in [0.5, 0.6) is 0 Å². The first kappa shape index (κ1) is 26.3. The summed E-state index contributed by atoms with van der Waals surface area (Å²) in [4.78, 5) is 5.27. The highest BCUT2D eigenvalue weighted by molar-refractivity contribution is 8.93. The number of fused-ring (bicyclic) bond motifs is 3. The molecular formula is C24H36Br2N2O. The summed E-state index contributed by atoms with van der Waals surface area (Å²) >= 11 is 0. The van der Waals surface area contributed by atoms with Crippen molar-refractivity contribution in [1.29, 1.82) is 0 Å². The average molecular weight is 528 g/mol.